The van der Waals surface area contributed by atoms with Gasteiger partial charge in [0.25, 0.3) is 0 Å². The van der Waals surface area contributed by atoms with E-state index in [1.165, 1.54) is 0 Å². The molecule has 0 aromatic heterocycles. The summed E-state index contributed by atoms with van der Waals surface area (Å²) in [4.78, 5) is 44.0. The summed E-state index contributed by atoms with van der Waals surface area (Å²) in [6.07, 6.45) is 0.256. The lowest BCUT2D eigenvalue weighted by Crippen LogP contribution is -2.59. The number of piperazine rings is 2. The molecule has 0 aliphatic carbocycles. The van der Waals surface area contributed by atoms with Gasteiger partial charge in [0.1, 0.15) is 6.04 Å². The van der Waals surface area contributed by atoms with Crippen molar-refractivity contribution in [1.82, 2.24) is 15.1 Å². The Morgan fingerprint density at radius 2 is 1.48 bits per heavy atom. The average molecular weight is 421 g/mol. The van der Waals surface area contributed by atoms with Crippen LogP contribution in [0.4, 0.5) is 5.69 Å². The molecule has 2 fully saturated rings. The van der Waals surface area contributed by atoms with E-state index in [-0.39, 0.29) is 30.6 Å². The molecule has 7 nitrogen and oxygen atoms in total. The fraction of sp³-hybridized carbons (Fsp3) is 0.375. The first-order valence-electron chi connectivity index (χ1n) is 10.8. The SMILES string of the molecule is O=C1NCCN(C(=O)Cc2ccccc2)C1CC(=O)N1CCN(c2ccccc2)CC1. The molecule has 7 heteroatoms. The number of benzene rings is 2. The van der Waals surface area contributed by atoms with Crippen LogP contribution in [0.15, 0.2) is 60.7 Å². The van der Waals surface area contributed by atoms with Gasteiger partial charge >= 0.3 is 0 Å². The molecule has 1 atom stereocenters. The third-order valence-corrected chi connectivity index (χ3v) is 5.97. The lowest BCUT2D eigenvalue weighted by atomic mass is 10.0. The highest BCUT2D eigenvalue weighted by Crippen LogP contribution is 2.18. The van der Waals surface area contributed by atoms with E-state index in [4.69, 9.17) is 0 Å². The van der Waals surface area contributed by atoms with Gasteiger partial charge in [-0.1, -0.05) is 48.5 Å². The highest BCUT2D eigenvalue weighted by molar-refractivity contribution is 5.93. The highest BCUT2D eigenvalue weighted by atomic mass is 16.2. The second-order valence-electron chi connectivity index (χ2n) is 7.96. The number of para-hydroxylation sites is 1. The predicted molar refractivity (Wildman–Crippen MR) is 119 cm³/mol. The molecule has 3 amide bonds. The minimum atomic E-state index is -0.746. The van der Waals surface area contributed by atoms with Gasteiger partial charge in [-0.2, -0.15) is 0 Å². The maximum Gasteiger partial charge on any atom is 0.243 e. The van der Waals surface area contributed by atoms with E-state index < -0.39 is 6.04 Å². The lowest BCUT2D eigenvalue weighted by molar-refractivity contribution is -0.146. The fourth-order valence-corrected chi connectivity index (χ4v) is 4.24. The summed E-state index contributed by atoms with van der Waals surface area (Å²) in [5.74, 6) is -0.441. The summed E-state index contributed by atoms with van der Waals surface area (Å²) < 4.78 is 0. The van der Waals surface area contributed by atoms with Crippen LogP contribution in [-0.4, -0.2) is 72.8 Å². The van der Waals surface area contributed by atoms with Gasteiger partial charge in [0.05, 0.1) is 12.8 Å². The number of nitrogens with one attached hydrogen (secondary N) is 1. The quantitative estimate of drug-likeness (QED) is 0.791. The molecule has 0 saturated carbocycles. The topological polar surface area (TPSA) is 73.0 Å². The summed E-state index contributed by atoms with van der Waals surface area (Å²) in [7, 11) is 0. The molecule has 2 saturated heterocycles. The minimum Gasteiger partial charge on any atom is -0.368 e. The van der Waals surface area contributed by atoms with Crippen LogP contribution in [0, 0.1) is 0 Å². The molecule has 0 radical (unpaired) electrons. The maximum atomic E-state index is 13.0. The standard InChI is InChI=1S/C24H28N4O3/c29-22(27-15-13-26(14-16-27)20-9-5-2-6-10-20)18-21-24(31)25-11-12-28(21)23(30)17-19-7-3-1-4-8-19/h1-10,21H,11-18H2,(H,25,31). The van der Waals surface area contributed by atoms with Crippen molar-refractivity contribution in [2.45, 2.75) is 18.9 Å². The van der Waals surface area contributed by atoms with Gasteiger partial charge in [-0.3, -0.25) is 14.4 Å². The van der Waals surface area contributed by atoms with Crippen molar-refractivity contribution in [1.29, 1.82) is 0 Å². The van der Waals surface area contributed by atoms with Gasteiger partial charge in [0.2, 0.25) is 17.7 Å². The number of carbonyl (C=O) groups is 3. The van der Waals surface area contributed by atoms with Crippen LogP contribution in [0.2, 0.25) is 0 Å². The Bertz CT molecular complexity index is 911. The Labute approximate surface area is 182 Å². The molecule has 2 aromatic carbocycles. The normalized spacial score (nSPS) is 19.2. The number of nitrogens with zero attached hydrogens (tertiary/aromatic N) is 3. The first-order chi connectivity index (χ1) is 15.1. The Morgan fingerprint density at radius 1 is 0.839 bits per heavy atom. The fourth-order valence-electron chi connectivity index (χ4n) is 4.24. The Morgan fingerprint density at radius 3 is 2.16 bits per heavy atom. The van der Waals surface area contributed by atoms with Crippen molar-refractivity contribution >= 4 is 23.4 Å². The molecule has 0 bridgehead atoms. The second-order valence-corrected chi connectivity index (χ2v) is 7.96. The van der Waals surface area contributed by atoms with Crippen LogP contribution >= 0.6 is 0 Å². The van der Waals surface area contributed by atoms with Gasteiger partial charge in [0.15, 0.2) is 0 Å². The lowest BCUT2D eigenvalue weighted by Gasteiger charge is -2.39. The molecule has 1 unspecified atom stereocenters. The summed E-state index contributed by atoms with van der Waals surface area (Å²) >= 11 is 0. The van der Waals surface area contributed by atoms with Crippen LogP contribution in [0.3, 0.4) is 0 Å². The van der Waals surface area contributed by atoms with E-state index in [9.17, 15) is 14.4 Å². The van der Waals surface area contributed by atoms with E-state index >= 15 is 0 Å². The van der Waals surface area contributed by atoms with E-state index in [1.807, 2.05) is 48.5 Å². The number of hydrogen-bond donors (Lipinski definition) is 1. The van der Waals surface area contributed by atoms with Crippen LogP contribution in [0.5, 0.6) is 0 Å². The first-order valence-corrected chi connectivity index (χ1v) is 10.8. The predicted octanol–water partition coefficient (Wildman–Crippen LogP) is 1.29. The zero-order valence-corrected chi connectivity index (χ0v) is 17.6. The molecular formula is C24H28N4O3. The van der Waals surface area contributed by atoms with Gasteiger partial charge in [0, 0.05) is 45.0 Å². The van der Waals surface area contributed by atoms with E-state index in [0.717, 1.165) is 24.3 Å². The maximum absolute atomic E-state index is 13.0. The third-order valence-electron chi connectivity index (χ3n) is 5.97. The zero-order valence-electron chi connectivity index (χ0n) is 17.6. The number of amides is 3. The number of rotatable bonds is 5. The smallest absolute Gasteiger partial charge is 0.243 e. The molecule has 2 aromatic rings. The highest BCUT2D eigenvalue weighted by Gasteiger charge is 2.36. The summed E-state index contributed by atoms with van der Waals surface area (Å²) in [5.41, 5.74) is 2.06. The minimum absolute atomic E-state index is 0.0255. The zero-order chi connectivity index (χ0) is 21.6. The van der Waals surface area contributed by atoms with Crippen LogP contribution < -0.4 is 10.2 Å². The van der Waals surface area contributed by atoms with Gasteiger partial charge < -0.3 is 20.0 Å². The van der Waals surface area contributed by atoms with Crippen LogP contribution in [0.25, 0.3) is 0 Å². The van der Waals surface area contributed by atoms with Crippen molar-refractivity contribution in [3.8, 4) is 0 Å². The van der Waals surface area contributed by atoms with Gasteiger partial charge in [-0.15, -0.1) is 0 Å². The molecule has 2 aliphatic heterocycles. The molecule has 1 N–H and O–H groups in total. The van der Waals surface area contributed by atoms with Crippen LogP contribution in [0.1, 0.15) is 12.0 Å². The number of carbonyl (C=O) groups excluding carboxylic acids is 3. The average Bonchev–Trinajstić information content (AvgIpc) is 2.81. The third kappa shape index (κ3) is 5.05. The van der Waals surface area contributed by atoms with Crippen molar-refractivity contribution in [2.24, 2.45) is 0 Å². The van der Waals surface area contributed by atoms with Crippen molar-refractivity contribution in [3.05, 3.63) is 66.2 Å². The first kappa shape index (κ1) is 20.9. The monoisotopic (exact) mass is 420 g/mol. The molecule has 162 valence electrons. The van der Waals surface area contributed by atoms with Crippen LogP contribution in [-0.2, 0) is 20.8 Å². The Kier molecular flexibility index (Phi) is 6.50. The van der Waals surface area contributed by atoms with Gasteiger partial charge in [-0.05, 0) is 17.7 Å². The van der Waals surface area contributed by atoms with E-state index in [1.54, 1.807) is 9.80 Å². The molecule has 31 heavy (non-hydrogen) atoms. The molecular weight excluding hydrogens is 392 g/mol. The van der Waals surface area contributed by atoms with E-state index in [0.29, 0.717) is 26.2 Å². The van der Waals surface area contributed by atoms with Crippen molar-refractivity contribution in [2.75, 3.05) is 44.2 Å². The summed E-state index contributed by atoms with van der Waals surface area (Å²) in [6.45, 7) is 3.57. The molecule has 2 aliphatic rings. The number of anilines is 1. The van der Waals surface area contributed by atoms with E-state index in [2.05, 4.69) is 22.3 Å². The molecule has 0 spiro atoms. The van der Waals surface area contributed by atoms with Crippen molar-refractivity contribution in [3.63, 3.8) is 0 Å². The summed E-state index contributed by atoms with van der Waals surface area (Å²) in [5, 5.41) is 2.81. The van der Waals surface area contributed by atoms with Gasteiger partial charge in [-0.25, -0.2) is 0 Å². The Balaban J connectivity index is 1.36. The Hall–Kier alpha value is -3.35. The second kappa shape index (κ2) is 9.64. The summed E-state index contributed by atoms with van der Waals surface area (Å²) in [6, 6.07) is 18.9. The van der Waals surface area contributed by atoms with Crippen molar-refractivity contribution < 1.29 is 14.4 Å². The largest absolute Gasteiger partial charge is 0.368 e. The molecule has 2 heterocycles. The number of hydrogen-bond acceptors (Lipinski definition) is 4. The molecule has 4 rings (SSSR count).